The third-order valence-corrected chi connectivity index (χ3v) is 3.24. The summed E-state index contributed by atoms with van der Waals surface area (Å²) in [5.41, 5.74) is 0.328. The molecule has 0 radical (unpaired) electrons. The number of hydrogen-bond acceptors (Lipinski definition) is 5. The van der Waals surface area contributed by atoms with Crippen LogP contribution in [0.25, 0.3) is 0 Å². The van der Waals surface area contributed by atoms with Crippen LogP contribution in [0.4, 0.5) is 5.95 Å². The standard InChI is InChI=1S/C14H20N4O2/c1-10(2)11(3-4-13(19)20)5-7-16-14-17-8-6-12(9-15)18-14/h6,8,10-11H,3-5,7H2,1-2H3,(H,19,20)(H,16,17,18). The molecule has 6 nitrogen and oxygen atoms in total. The van der Waals surface area contributed by atoms with Gasteiger partial charge in [0.25, 0.3) is 0 Å². The molecule has 1 unspecified atom stereocenters. The van der Waals surface area contributed by atoms with E-state index in [1.807, 2.05) is 6.07 Å². The molecule has 0 aliphatic heterocycles. The molecule has 0 saturated heterocycles. The van der Waals surface area contributed by atoms with Crippen LogP contribution < -0.4 is 5.32 Å². The van der Waals surface area contributed by atoms with Gasteiger partial charge < -0.3 is 10.4 Å². The van der Waals surface area contributed by atoms with Gasteiger partial charge in [-0.25, -0.2) is 9.97 Å². The normalized spacial score (nSPS) is 11.9. The van der Waals surface area contributed by atoms with E-state index < -0.39 is 5.97 Å². The molecule has 0 bridgehead atoms. The van der Waals surface area contributed by atoms with Crippen LogP contribution >= 0.6 is 0 Å². The van der Waals surface area contributed by atoms with E-state index in [1.54, 1.807) is 6.07 Å². The summed E-state index contributed by atoms with van der Waals surface area (Å²) < 4.78 is 0. The van der Waals surface area contributed by atoms with Gasteiger partial charge in [-0.15, -0.1) is 0 Å². The average molecular weight is 276 g/mol. The van der Waals surface area contributed by atoms with Crippen molar-refractivity contribution in [3.05, 3.63) is 18.0 Å². The average Bonchev–Trinajstić information content (AvgIpc) is 2.42. The monoisotopic (exact) mass is 276 g/mol. The fraction of sp³-hybridized carbons (Fsp3) is 0.571. The molecule has 1 aromatic heterocycles. The molecule has 0 spiro atoms. The summed E-state index contributed by atoms with van der Waals surface area (Å²) in [6.07, 6.45) is 3.26. The lowest BCUT2D eigenvalue weighted by molar-refractivity contribution is -0.137. The molecule has 6 heteroatoms. The van der Waals surface area contributed by atoms with Crippen LogP contribution in [-0.4, -0.2) is 27.6 Å². The molecular formula is C14H20N4O2. The second-order valence-corrected chi connectivity index (χ2v) is 5.03. The SMILES string of the molecule is CC(C)C(CCNc1nccc(C#N)n1)CCC(=O)O. The Morgan fingerprint density at radius 3 is 2.85 bits per heavy atom. The van der Waals surface area contributed by atoms with Crippen molar-refractivity contribution in [2.24, 2.45) is 11.8 Å². The van der Waals surface area contributed by atoms with Crippen molar-refractivity contribution in [3.63, 3.8) is 0 Å². The maximum atomic E-state index is 10.6. The number of nitriles is 1. The van der Waals surface area contributed by atoms with Gasteiger partial charge in [-0.1, -0.05) is 13.8 Å². The van der Waals surface area contributed by atoms with Crippen molar-refractivity contribution < 1.29 is 9.90 Å². The molecule has 2 N–H and O–H groups in total. The summed E-state index contributed by atoms with van der Waals surface area (Å²) in [4.78, 5) is 18.7. The first kappa shape index (κ1) is 15.9. The summed E-state index contributed by atoms with van der Waals surface area (Å²) in [5, 5.41) is 20.6. The predicted octanol–water partition coefficient (Wildman–Crippen LogP) is 2.29. The van der Waals surface area contributed by atoms with Crippen LogP contribution in [-0.2, 0) is 4.79 Å². The molecule has 0 aliphatic rings. The summed E-state index contributed by atoms with van der Waals surface area (Å²) in [6.45, 7) is 4.86. The summed E-state index contributed by atoms with van der Waals surface area (Å²) >= 11 is 0. The van der Waals surface area contributed by atoms with Gasteiger partial charge in [-0.2, -0.15) is 5.26 Å². The van der Waals surface area contributed by atoms with Crippen LogP contribution in [0.3, 0.4) is 0 Å². The van der Waals surface area contributed by atoms with Crippen LogP contribution in [0, 0.1) is 23.2 Å². The van der Waals surface area contributed by atoms with E-state index in [9.17, 15) is 4.79 Å². The van der Waals surface area contributed by atoms with Gasteiger partial charge in [0.15, 0.2) is 0 Å². The zero-order valence-corrected chi connectivity index (χ0v) is 11.8. The number of anilines is 1. The van der Waals surface area contributed by atoms with E-state index in [2.05, 4.69) is 29.1 Å². The zero-order chi connectivity index (χ0) is 15.0. The largest absolute Gasteiger partial charge is 0.481 e. The minimum absolute atomic E-state index is 0.198. The first-order valence-corrected chi connectivity index (χ1v) is 6.71. The summed E-state index contributed by atoms with van der Waals surface area (Å²) in [7, 11) is 0. The highest BCUT2D eigenvalue weighted by atomic mass is 16.4. The molecule has 0 aromatic carbocycles. The fourth-order valence-corrected chi connectivity index (χ4v) is 2.00. The minimum atomic E-state index is -0.756. The summed E-state index contributed by atoms with van der Waals surface area (Å²) in [6, 6.07) is 3.51. The van der Waals surface area contributed by atoms with E-state index >= 15 is 0 Å². The Kier molecular flexibility index (Phi) is 6.44. The van der Waals surface area contributed by atoms with Gasteiger partial charge >= 0.3 is 5.97 Å². The molecule has 0 amide bonds. The second kappa shape index (κ2) is 8.10. The van der Waals surface area contributed by atoms with Gasteiger partial charge in [0, 0.05) is 19.2 Å². The van der Waals surface area contributed by atoms with Crippen molar-refractivity contribution in [1.29, 1.82) is 5.26 Å². The molecule has 1 rings (SSSR count). The van der Waals surface area contributed by atoms with E-state index in [0.29, 0.717) is 36.4 Å². The highest BCUT2D eigenvalue weighted by Crippen LogP contribution is 2.21. The van der Waals surface area contributed by atoms with Crippen molar-refractivity contribution in [3.8, 4) is 6.07 Å². The van der Waals surface area contributed by atoms with E-state index in [-0.39, 0.29) is 6.42 Å². The Morgan fingerprint density at radius 1 is 1.50 bits per heavy atom. The third kappa shape index (κ3) is 5.65. The first-order chi connectivity index (χ1) is 9.52. The molecule has 108 valence electrons. The highest BCUT2D eigenvalue weighted by molar-refractivity contribution is 5.66. The Hall–Kier alpha value is -2.16. The second-order valence-electron chi connectivity index (χ2n) is 5.03. The number of nitrogens with zero attached hydrogens (tertiary/aromatic N) is 3. The van der Waals surface area contributed by atoms with E-state index in [1.165, 1.54) is 6.20 Å². The van der Waals surface area contributed by atoms with Gasteiger partial charge in [-0.05, 0) is 30.7 Å². The van der Waals surface area contributed by atoms with Crippen molar-refractivity contribution in [2.45, 2.75) is 33.1 Å². The molecular weight excluding hydrogens is 256 g/mol. The minimum Gasteiger partial charge on any atom is -0.481 e. The number of aromatic nitrogens is 2. The van der Waals surface area contributed by atoms with E-state index in [4.69, 9.17) is 10.4 Å². The highest BCUT2D eigenvalue weighted by Gasteiger charge is 2.14. The van der Waals surface area contributed by atoms with Crippen LogP contribution in [0.1, 0.15) is 38.8 Å². The number of carbonyl (C=O) groups is 1. The Labute approximate surface area is 118 Å². The number of hydrogen-bond donors (Lipinski definition) is 2. The van der Waals surface area contributed by atoms with Gasteiger partial charge in [0.05, 0.1) is 0 Å². The third-order valence-electron chi connectivity index (χ3n) is 3.24. The molecule has 1 aromatic rings. The molecule has 0 fully saturated rings. The molecule has 0 saturated carbocycles. The maximum Gasteiger partial charge on any atom is 0.303 e. The molecule has 1 heterocycles. The Morgan fingerprint density at radius 2 is 2.25 bits per heavy atom. The first-order valence-electron chi connectivity index (χ1n) is 6.71. The van der Waals surface area contributed by atoms with Crippen molar-refractivity contribution >= 4 is 11.9 Å². The fourth-order valence-electron chi connectivity index (χ4n) is 2.00. The zero-order valence-electron chi connectivity index (χ0n) is 11.8. The lowest BCUT2D eigenvalue weighted by Crippen LogP contribution is -2.16. The Balaban J connectivity index is 2.43. The van der Waals surface area contributed by atoms with Crippen molar-refractivity contribution in [2.75, 3.05) is 11.9 Å². The van der Waals surface area contributed by atoms with Crippen molar-refractivity contribution in [1.82, 2.24) is 9.97 Å². The lowest BCUT2D eigenvalue weighted by Gasteiger charge is -2.20. The number of rotatable bonds is 8. The predicted molar refractivity (Wildman–Crippen MR) is 75.1 cm³/mol. The maximum absolute atomic E-state index is 10.6. The number of carboxylic acid groups (broad SMARTS) is 1. The summed E-state index contributed by atoms with van der Waals surface area (Å²) in [5.74, 6) is 0.457. The quantitative estimate of drug-likeness (QED) is 0.755. The smallest absolute Gasteiger partial charge is 0.303 e. The van der Waals surface area contributed by atoms with Gasteiger partial charge in [0.1, 0.15) is 11.8 Å². The number of aliphatic carboxylic acids is 1. The molecule has 1 atom stereocenters. The van der Waals surface area contributed by atoms with Crippen LogP contribution in [0.2, 0.25) is 0 Å². The Bertz CT molecular complexity index is 482. The van der Waals surface area contributed by atoms with Crippen LogP contribution in [0.5, 0.6) is 0 Å². The van der Waals surface area contributed by atoms with E-state index in [0.717, 1.165) is 6.42 Å². The van der Waals surface area contributed by atoms with Crippen LogP contribution in [0.15, 0.2) is 12.3 Å². The van der Waals surface area contributed by atoms with Gasteiger partial charge in [0.2, 0.25) is 5.95 Å². The lowest BCUT2D eigenvalue weighted by atomic mass is 9.88. The number of nitrogens with one attached hydrogen (secondary N) is 1. The number of carboxylic acids is 1. The van der Waals surface area contributed by atoms with Gasteiger partial charge in [-0.3, -0.25) is 4.79 Å². The topological polar surface area (TPSA) is 98.9 Å². The molecule has 20 heavy (non-hydrogen) atoms. The molecule has 0 aliphatic carbocycles.